The van der Waals surface area contributed by atoms with E-state index in [1.807, 2.05) is 13.8 Å². The van der Waals surface area contributed by atoms with Crippen LogP contribution in [0.15, 0.2) is 0 Å². The van der Waals surface area contributed by atoms with Crippen LogP contribution in [0.1, 0.15) is 33.1 Å². The number of carbonyl (C=O) groups is 1. The van der Waals surface area contributed by atoms with Crippen LogP contribution in [-0.4, -0.2) is 50.6 Å². The van der Waals surface area contributed by atoms with Gasteiger partial charge in [0, 0.05) is 18.9 Å². The van der Waals surface area contributed by atoms with E-state index in [9.17, 15) is 13.2 Å². The fourth-order valence-corrected chi connectivity index (χ4v) is 2.82. The van der Waals surface area contributed by atoms with Crippen LogP contribution in [0.4, 0.5) is 0 Å². The average Bonchev–Trinajstić information content (AvgIpc) is 2.23. The molecular formula is C12H24N2O4S. The van der Waals surface area contributed by atoms with E-state index in [0.29, 0.717) is 6.61 Å². The molecule has 1 fully saturated rings. The Hall–Kier alpha value is -0.660. The number of nitrogens with two attached hydrogens (primary N) is 1. The monoisotopic (exact) mass is 292 g/mol. The summed E-state index contributed by atoms with van der Waals surface area (Å²) in [6.45, 7) is 4.57. The van der Waals surface area contributed by atoms with Crippen molar-refractivity contribution in [2.75, 3.05) is 18.6 Å². The van der Waals surface area contributed by atoms with E-state index < -0.39 is 15.9 Å². The fourth-order valence-electron chi connectivity index (χ4n) is 2.14. The lowest BCUT2D eigenvalue weighted by Crippen LogP contribution is -2.50. The molecule has 1 aliphatic rings. The summed E-state index contributed by atoms with van der Waals surface area (Å²) >= 11 is 0. The molecular weight excluding hydrogens is 268 g/mol. The standard InChI is InChI=1S/C12H24N2O4S/c1-12(2)8-9(4-6-18-12)14-11(15)10(13)5-7-19(3,16)17/h9-10H,4-8,13H2,1-3H3,(H,14,15). The number of hydrogen-bond donors (Lipinski definition) is 2. The summed E-state index contributed by atoms with van der Waals surface area (Å²) in [6, 6.07) is -0.735. The van der Waals surface area contributed by atoms with Crippen molar-refractivity contribution in [2.24, 2.45) is 5.73 Å². The lowest BCUT2D eigenvalue weighted by Gasteiger charge is -2.36. The summed E-state index contributed by atoms with van der Waals surface area (Å²) in [7, 11) is -3.08. The van der Waals surface area contributed by atoms with Crippen molar-refractivity contribution in [3.8, 4) is 0 Å². The van der Waals surface area contributed by atoms with Crippen molar-refractivity contribution < 1.29 is 17.9 Å². The second-order valence-corrected chi connectivity index (χ2v) is 8.09. The molecule has 2 atom stereocenters. The molecule has 112 valence electrons. The van der Waals surface area contributed by atoms with Gasteiger partial charge in [0.25, 0.3) is 0 Å². The van der Waals surface area contributed by atoms with Gasteiger partial charge in [0.2, 0.25) is 5.91 Å². The Balaban J connectivity index is 2.41. The number of amides is 1. The summed E-state index contributed by atoms with van der Waals surface area (Å²) in [4.78, 5) is 11.9. The maximum Gasteiger partial charge on any atom is 0.237 e. The van der Waals surface area contributed by atoms with E-state index in [0.717, 1.165) is 19.1 Å². The van der Waals surface area contributed by atoms with Crippen LogP contribution in [0.5, 0.6) is 0 Å². The molecule has 0 aliphatic carbocycles. The minimum absolute atomic E-state index is 0.0422. The summed E-state index contributed by atoms with van der Waals surface area (Å²) in [6.07, 6.45) is 2.78. The van der Waals surface area contributed by atoms with Gasteiger partial charge in [-0.25, -0.2) is 8.42 Å². The van der Waals surface area contributed by atoms with Crippen LogP contribution >= 0.6 is 0 Å². The summed E-state index contributed by atoms with van der Waals surface area (Å²) in [5.74, 6) is -0.354. The van der Waals surface area contributed by atoms with Crippen molar-refractivity contribution in [1.82, 2.24) is 5.32 Å². The van der Waals surface area contributed by atoms with Gasteiger partial charge < -0.3 is 15.8 Å². The smallest absolute Gasteiger partial charge is 0.237 e. The molecule has 6 nitrogen and oxygen atoms in total. The fraction of sp³-hybridized carbons (Fsp3) is 0.917. The number of carbonyl (C=O) groups excluding carboxylic acids is 1. The first-order valence-corrected chi connectivity index (χ1v) is 8.53. The zero-order chi connectivity index (χ0) is 14.7. The molecule has 1 rings (SSSR count). The van der Waals surface area contributed by atoms with Crippen LogP contribution in [0.25, 0.3) is 0 Å². The van der Waals surface area contributed by atoms with Gasteiger partial charge in [0.05, 0.1) is 17.4 Å². The van der Waals surface area contributed by atoms with Crippen molar-refractivity contribution >= 4 is 15.7 Å². The first-order valence-electron chi connectivity index (χ1n) is 6.47. The Bertz CT molecular complexity index is 419. The van der Waals surface area contributed by atoms with Crippen molar-refractivity contribution in [3.05, 3.63) is 0 Å². The van der Waals surface area contributed by atoms with E-state index >= 15 is 0 Å². The molecule has 1 amide bonds. The second-order valence-electron chi connectivity index (χ2n) is 5.83. The van der Waals surface area contributed by atoms with E-state index in [1.165, 1.54) is 0 Å². The van der Waals surface area contributed by atoms with Gasteiger partial charge in [0.15, 0.2) is 0 Å². The number of nitrogens with one attached hydrogen (secondary N) is 1. The van der Waals surface area contributed by atoms with Gasteiger partial charge in [-0.3, -0.25) is 4.79 Å². The largest absolute Gasteiger partial charge is 0.375 e. The van der Waals surface area contributed by atoms with Crippen LogP contribution in [0.3, 0.4) is 0 Å². The molecule has 1 saturated heterocycles. The minimum Gasteiger partial charge on any atom is -0.375 e. The lowest BCUT2D eigenvalue weighted by atomic mass is 9.93. The summed E-state index contributed by atoms with van der Waals surface area (Å²) < 4.78 is 27.6. The Morgan fingerprint density at radius 1 is 1.53 bits per heavy atom. The third-order valence-corrected chi connectivity index (χ3v) is 4.16. The molecule has 0 aromatic heterocycles. The molecule has 0 aromatic carbocycles. The molecule has 0 aromatic rings. The van der Waals surface area contributed by atoms with Gasteiger partial charge in [-0.1, -0.05) is 0 Å². The maximum atomic E-state index is 11.9. The van der Waals surface area contributed by atoms with Crippen molar-refractivity contribution in [2.45, 2.75) is 50.8 Å². The molecule has 0 spiro atoms. The van der Waals surface area contributed by atoms with Gasteiger partial charge in [-0.05, 0) is 33.1 Å². The Morgan fingerprint density at radius 3 is 2.68 bits per heavy atom. The molecule has 3 N–H and O–H groups in total. The molecule has 1 heterocycles. The molecule has 1 aliphatic heterocycles. The average molecular weight is 292 g/mol. The van der Waals surface area contributed by atoms with Crippen LogP contribution in [0.2, 0.25) is 0 Å². The highest BCUT2D eigenvalue weighted by Crippen LogP contribution is 2.23. The second kappa shape index (κ2) is 6.19. The van der Waals surface area contributed by atoms with Crippen molar-refractivity contribution in [3.63, 3.8) is 0 Å². The van der Waals surface area contributed by atoms with Crippen LogP contribution in [0, 0.1) is 0 Å². The van der Waals surface area contributed by atoms with E-state index in [1.54, 1.807) is 0 Å². The van der Waals surface area contributed by atoms with E-state index in [4.69, 9.17) is 10.5 Å². The first kappa shape index (κ1) is 16.4. The number of ether oxygens (including phenoxy) is 1. The normalized spacial score (nSPS) is 24.7. The van der Waals surface area contributed by atoms with Gasteiger partial charge >= 0.3 is 0 Å². The molecule has 0 bridgehead atoms. The zero-order valence-electron chi connectivity index (χ0n) is 11.8. The maximum absolute atomic E-state index is 11.9. The lowest BCUT2D eigenvalue weighted by molar-refractivity contribution is -0.125. The Kier molecular flexibility index (Phi) is 5.34. The number of rotatable bonds is 5. The highest BCUT2D eigenvalue weighted by atomic mass is 32.2. The van der Waals surface area contributed by atoms with Gasteiger partial charge in [-0.2, -0.15) is 0 Å². The quantitative estimate of drug-likeness (QED) is 0.732. The molecule has 7 heteroatoms. The van der Waals surface area contributed by atoms with Gasteiger partial charge in [-0.15, -0.1) is 0 Å². The number of hydrogen-bond acceptors (Lipinski definition) is 5. The summed E-state index contributed by atoms with van der Waals surface area (Å²) in [5.41, 5.74) is 5.46. The van der Waals surface area contributed by atoms with Crippen molar-refractivity contribution in [1.29, 1.82) is 0 Å². The Morgan fingerprint density at radius 2 is 2.16 bits per heavy atom. The number of sulfone groups is 1. The minimum atomic E-state index is -3.08. The first-order chi connectivity index (χ1) is 8.59. The molecule has 2 unspecified atom stereocenters. The highest BCUT2D eigenvalue weighted by Gasteiger charge is 2.30. The predicted octanol–water partition coefficient (Wildman–Crippen LogP) is -0.178. The highest BCUT2D eigenvalue weighted by molar-refractivity contribution is 7.90. The molecule has 0 radical (unpaired) electrons. The van der Waals surface area contributed by atoms with Crippen LogP contribution in [-0.2, 0) is 19.4 Å². The van der Waals surface area contributed by atoms with E-state index in [2.05, 4.69) is 5.32 Å². The topological polar surface area (TPSA) is 98.5 Å². The van der Waals surface area contributed by atoms with Crippen LogP contribution < -0.4 is 11.1 Å². The third kappa shape index (κ3) is 6.35. The molecule has 0 saturated carbocycles. The predicted molar refractivity (Wildman–Crippen MR) is 73.5 cm³/mol. The molecule has 19 heavy (non-hydrogen) atoms. The SMILES string of the molecule is CC1(C)CC(NC(=O)C(N)CCS(C)(=O)=O)CCO1. The van der Waals surface area contributed by atoms with E-state index in [-0.39, 0.29) is 29.7 Å². The summed E-state index contributed by atoms with van der Waals surface area (Å²) in [5, 5.41) is 2.87. The zero-order valence-corrected chi connectivity index (χ0v) is 12.6. The third-order valence-electron chi connectivity index (χ3n) is 3.18. The van der Waals surface area contributed by atoms with Gasteiger partial charge in [0.1, 0.15) is 9.84 Å². The Labute approximate surface area is 115 Å².